The molecule has 0 amide bonds. The second-order valence-corrected chi connectivity index (χ2v) is 7.50. The minimum absolute atomic E-state index is 0.680. The molecule has 3 aliphatic rings. The van der Waals surface area contributed by atoms with Gasteiger partial charge in [-0.25, -0.2) is 9.97 Å². The van der Waals surface area contributed by atoms with E-state index in [1.165, 1.54) is 43.6 Å². The summed E-state index contributed by atoms with van der Waals surface area (Å²) < 4.78 is 0. The third-order valence-corrected chi connectivity index (χ3v) is 5.39. The van der Waals surface area contributed by atoms with Crippen molar-refractivity contribution in [3.8, 4) is 0 Å². The molecule has 25 heavy (non-hydrogen) atoms. The molecule has 0 radical (unpaired) electrons. The number of benzene rings is 1. The van der Waals surface area contributed by atoms with E-state index in [4.69, 9.17) is 0 Å². The summed E-state index contributed by atoms with van der Waals surface area (Å²) in [6.07, 6.45) is 6.65. The Bertz CT molecular complexity index is 672. The maximum Gasteiger partial charge on any atom is 0.222 e. The van der Waals surface area contributed by atoms with Crippen LogP contribution in [0.5, 0.6) is 0 Å². The van der Waals surface area contributed by atoms with Crippen LogP contribution in [0.1, 0.15) is 24.0 Å². The van der Waals surface area contributed by atoms with Gasteiger partial charge in [-0.15, -0.1) is 0 Å². The molecule has 2 aromatic rings. The third kappa shape index (κ3) is 4.17. The first-order valence-electron chi connectivity index (χ1n) is 9.27. The zero-order valence-electron chi connectivity index (χ0n) is 14.9. The Labute approximate surface area is 150 Å². The maximum atomic E-state index is 4.50. The van der Waals surface area contributed by atoms with Gasteiger partial charge in [-0.2, -0.15) is 0 Å². The summed E-state index contributed by atoms with van der Waals surface area (Å²) in [5.74, 6) is 1.52. The zero-order valence-corrected chi connectivity index (χ0v) is 14.9. The van der Waals surface area contributed by atoms with Crippen molar-refractivity contribution in [3.05, 3.63) is 53.9 Å². The van der Waals surface area contributed by atoms with Gasteiger partial charge in [0.25, 0.3) is 0 Å². The summed E-state index contributed by atoms with van der Waals surface area (Å²) >= 11 is 0. The molecule has 3 saturated heterocycles. The van der Waals surface area contributed by atoms with E-state index in [0.717, 1.165) is 19.0 Å². The average Bonchev–Trinajstić information content (AvgIpc) is 2.91. The van der Waals surface area contributed by atoms with Crippen LogP contribution in [0.2, 0.25) is 0 Å². The van der Waals surface area contributed by atoms with Gasteiger partial charge in [0, 0.05) is 56.7 Å². The van der Waals surface area contributed by atoms with Crippen LogP contribution in [0.15, 0.2) is 42.7 Å². The van der Waals surface area contributed by atoms with E-state index < -0.39 is 0 Å². The van der Waals surface area contributed by atoms with Gasteiger partial charge in [-0.3, -0.25) is 4.90 Å². The fraction of sp³-hybridized carbons (Fsp3) is 0.500. The molecule has 4 heterocycles. The number of piperidine rings is 1. The highest BCUT2D eigenvalue weighted by Crippen LogP contribution is 2.28. The van der Waals surface area contributed by atoms with E-state index in [0.29, 0.717) is 12.0 Å². The summed E-state index contributed by atoms with van der Waals surface area (Å²) in [6, 6.07) is 11.0. The lowest BCUT2D eigenvalue weighted by molar-refractivity contribution is 0.124. The normalized spacial score (nSPS) is 24.2. The van der Waals surface area contributed by atoms with E-state index in [1.807, 2.05) is 30.6 Å². The Morgan fingerprint density at radius 2 is 1.80 bits per heavy atom. The highest BCUT2D eigenvalue weighted by Gasteiger charge is 2.33. The Hall–Kier alpha value is -1.98. The molecular weight excluding hydrogens is 310 g/mol. The number of hydrogen-bond acceptors (Lipinski definition) is 5. The van der Waals surface area contributed by atoms with Crippen LogP contribution in [-0.4, -0.2) is 52.5 Å². The van der Waals surface area contributed by atoms with Crippen molar-refractivity contribution in [2.75, 3.05) is 32.0 Å². The van der Waals surface area contributed by atoms with E-state index >= 15 is 0 Å². The summed E-state index contributed by atoms with van der Waals surface area (Å²) in [6.45, 7) is 5.36. The first kappa shape index (κ1) is 16.5. The summed E-state index contributed by atoms with van der Waals surface area (Å²) in [4.78, 5) is 14.1. The van der Waals surface area contributed by atoms with Gasteiger partial charge in [-0.05, 0) is 31.4 Å². The Morgan fingerprint density at radius 1 is 1.00 bits per heavy atom. The highest BCUT2D eigenvalue weighted by atomic mass is 15.2. The van der Waals surface area contributed by atoms with E-state index in [-0.39, 0.29) is 0 Å². The number of nitrogens with zero attached hydrogens (tertiary/aromatic N) is 4. The number of likely N-dealkylation sites (N-methyl/N-ethyl adjacent to an activating group) is 1. The van der Waals surface area contributed by atoms with Crippen LogP contribution in [-0.2, 0) is 13.1 Å². The van der Waals surface area contributed by atoms with Crippen LogP contribution in [0, 0.1) is 5.92 Å². The van der Waals surface area contributed by atoms with Crippen LogP contribution in [0.4, 0.5) is 5.95 Å². The van der Waals surface area contributed by atoms with E-state index in [1.54, 1.807) is 0 Å². The van der Waals surface area contributed by atoms with Crippen LogP contribution in [0.25, 0.3) is 0 Å². The SMILES string of the molecule is CN1C[C@H]2CC[C@@H](C1)N(Cc1cnc(NCc3ccccc3)nc1)C2. The molecule has 5 rings (SSSR count). The predicted molar refractivity (Wildman–Crippen MR) is 100 cm³/mol. The highest BCUT2D eigenvalue weighted by molar-refractivity contribution is 5.28. The van der Waals surface area contributed by atoms with Gasteiger partial charge in [0.15, 0.2) is 0 Å². The fourth-order valence-corrected chi connectivity index (χ4v) is 4.15. The smallest absolute Gasteiger partial charge is 0.222 e. The molecule has 2 bridgehead atoms. The largest absolute Gasteiger partial charge is 0.350 e. The maximum absolute atomic E-state index is 4.50. The van der Waals surface area contributed by atoms with Gasteiger partial charge in [-0.1, -0.05) is 30.3 Å². The topological polar surface area (TPSA) is 44.3 Å². The molecule has 3 fully saturated rings. The second-order valence-electron chi connectivity index (χ2n) is 7.50. The third-order valence-electron chi connectivity index (χ3n) is 5.39. The lowest BCUT2D eigenvalue weighted by atomic mass is 9.95. The molecule has 0 spiro atoms. The summed E-state index contributed by atoms with van der Waals surface area (Å²) in [5, 5.41) is 3.29. The lowest BCUT2D eigenvalue weighted by Crippen LogP contribution is -2.43. The number of rotatable bonds is 5. The molecule has 1 aromatic heterocycles. The quantitative estimate of drug-likeness (QED) is 0.909. The average molecular weight is 337 g/mol. The van der Waals surface area contributed by atoms with Crippen molar-refractivity contribution in [1.29, 1.82) is 0 Å². The van der Waals surface area contributed by atoms with Gasteiger partial charge in [0.2, 0.25) is 5.95 Å². The number of hydrogen-bond donors (Lipinski definition) is 1. The molecule has 132 valence electrons. The van der Waals surface area contributed by atoms with E-state index in [2.05, 4.69) is 44.3 Å². The monoisotopic (exact) mass is 337 g/mol. The lowest BCUT2D eigenvalue weighted by Gasteiger charge is -2.36. The Morgan fingerprint density at radius 3 is 2.60 bits per heavy atom. The molecule has 1 aromatic carbocycles. The number of aromatic nitrogens is 2. The van der Waals surface area contributed by atoms with Gasteiger partial charge >= 0.3 is 0 Å². The first-order valence-corrected chi connectivity index (χ1v) is 9.27. The molecule has 5 heteroatoms. The molecule has 0 saturated carbocycles. The predicted octanol–water partition coefficient (Wildman–Crippen LogP) is 2.61. The van der Waals surface area contributed by atoms with Crippen molar-refractivity contribution in [2.24, 2.45) is 5.92 Å². The van der Waals surface area contributed by atoms with Crippen molar-refractivity contribution in [2.45, 2.75) is 32.0 Å². The van der Waals surface area contributed by atoms with Crippen LogP contribution in [0.3, 0.4) is 0 Å². The second kappa shape index (κ2) is 7.50. The van der Waals surface area contributed by atoms with Crippen molar-refractivity contribution < 1.29 is 0 Å². The Balaban J connectivity index is 1.34. The van der Waals surface area contributed by atoms with Crippen LogP contribution < -0.4 is 5.32 Å². The van der Waals surface area contributed by atoms with Crippen molar-refractivity contribution in [1.82, 2.24) is 19.8 Å². The van der Waals surface area contributed by atoms with E-state index in [9.17, 15) is 0 Å². The minimum atomic E-state index is 0.680. The number of fused-ring (bicyclic) bond motifs is 4. The molecule has 2 atom stereocenters. The molecule has 3 aliphatic heterocycles. The first-order chi connectivity index (χ1) is 12.3. The van der Waals surface area contributed by atoms with Crippen LogP contribution >= 0.6 is 0 Å². The molecular formula is C20H27N5. The van der Waals surface area contributed by atoms with Crippen molar-refractivity contribution in [3.63, 3.8) is 0 Å². The van der Waals surface area contributed by atoms with Gasteiger partial charge in [0.1, 0.15) is 0 Å². The molecule has 0 aliphatic carbocycles. The van der Waals surface area contributed by atoms with Gasteiger partial charge in [0.05, 0.1) is 0 Å². The summed E-state index contributed by atoms with van der Waals surface area (Å²) in [7, 11) is 2.26. The van der Waals surface area contributed by atoms with Gasteiger partial charge < -0.3 is 10.2 Å². The molecule has 0 unspecified atom stereocenters. The number of nitrogens with one attached hydrogen (secondary N) is 1. The molecule has 5 nitrogen and oxygen atoms in total. The summed E-state index contributed by atoms with van der Waals surface area (Å²) in [5.41, 5.74) is 2.44. The van der Waals surface area contributed by atoms with Crippen molar-refractivity contribution >= 4 is 5.95 Å². The Kier molecular flexibility index (Phi) is 4.95. The molecule has 1 N–H and O–H groups in total. The minimum Gasteiger partial charge on any atom is -0.350 e. The standard InChI is InChI=1S/C20H27N5/c1-24-12-17-7-8-19(15-24)25(13-17)14-18-10-22-20(23-11-18)21-9-16-5-3-2-4-6-16/h2-6,10-11,17,19H,7-9,12-15H2,1H3,(H,21,22,23)/t17-,19+/m1/s1. The fourth-order valence-electron chi connectivity index (χ4n) is 4.15. The number of anilines is 1. The zero-order chi connectivity index (χ0) is 17.1.